The highest BCUT2D eigenvalue weighted by Gasteiger charge is 2.63. The molecule has 4 rings (SSSR count). The van der Waals surface area contributed by atoms with Gasteiger partial charge in [0.2, 0.25) is 5.91 Å². The molecule has 4 fully saturated rings. The lowest BCUT2D eigenvalue weighted by Crippen LogP contribution is -2.64. The van der Waals surface area contributed by atoms with Crippen LogP contribution in [0.3, 0.4) is 0 Å². The van der Waals surface area contributed by atoms with Crippen LogP contribution < -0.4 is 0 Å². The van der Waals surface area contributed by atoms with Gasteiger partial charge in [-0.05, 0) is 72.5 Å². The smallest absolute Gasteiger partial charge is 0.222 e. The SMILES string of the molecule is CC.CC(C)CCCC(C)C1CCC2C3C(=O)CC4N(C)C(=O)CCC4(C)C3CC[C@]12C. The summed E-state index contributed by atoms with van der Waals surface area (Å²) in [6, 6.07) is 0.129. The molecule has 3 heteroatoms. The van der Waals surface area contributed by atoms with Crippen molar-refractivity contribution in [3.63, 3.8) is 0 Å². The molecule has 184 valence electrons. The summed E-state index contributed by atoms with van der Waals surface area (Å²) in [6.07, 6.45) is 11.3. The third-order valence-corrected chi connectivity index (χ3v) is 10.6. The predicted octanol–water partition coefficient (Wildman–Crippen LogP) is 7.13. The standard InChI is InChI=1S/C27H45NO2.C2H6/c1-17(2)8-7-9-18(3)19-10-11-20-25-21(12-14-26(19,20)4)27(5)15-13-24(30)28(6)23(27)16-22(25)29;1-2/h17-21,23,25H,7-16H2,1-6H3;1-2H3/t18?,19?,20?,21?,23?,25?,26-,27?;/m1./s1. The van der Waals surface area contributed by atoms with Crippen molar-refractivity contribution in [2.45, 2.75) is 119 Å². The van der Waals surface area contributed by atoms with Gasteiger partial charge in [-0.2, -0.15) is 0 Å². The monoisotopic (exact) mass is 445 g/mol. The molecule has 0 aromatic heterocycles. The molecule has 0 aromatic rings. The van der Waals surface area contributed by atoms with Crippen LogP contribution in [0, 0.1) is 46.3 Å². The van der Waals surface area contributed by atoms with Crippen molar-refractivity contribution in [2.24, 2.45) is 46.3 Å². The van der Waals surface area contributed by atoms with Gasteiger partial charge in [0.15, 0.2) is 0 Å². The normalized spacial score (nSPS) is 42.0. The molecule has 1 heterocycles. The summed E-state index contributed by atoms with van der Waals surface area (Å²) in [7, 11) is 1.94. The average Bonchev–Trinajstić information content (AvgIpc) is 3.11. The van der Waals surface area contributed by atoms with E-state index in [2.05, 4.69) is 34.6 Å². The fraction of sp³-hybridized carbons (Fsp3) is 0.931. The maximum Gasteiger partial charge on any atom is 0.222 e. The van der Waals surface area contributed by atoms with E-state index in [0.717, 1.165) is 24.2 Å². The number of fused-ring (bicyclic) bond motifs is 5. The van der Waals surface area contributed by atoms with Crippen LogP contribution in [0.5, 0.6) is 0 Å². The Labute approximate surface area is 198 Å². The van der Waals surface area contributed by atoms with E-state index < -0.39 is 0 Å². The van der Waals surface area contributed by atoms with Gasteiger partial charge in [-0.15, -0.1) is 0 Å². The summed E-state index contributed by atoms with van der Waals surface area (Å²) < 4.78 is 0. The molecule has 4 aliphatic rings. The number of ketones is 1. The minimum absolute atomic E-state index is 0.129. The predicted molar refractivity (Wildman–Crippen MR) is 133 cm³/mol. The Balaban J connectivity index is 0.00000141. The van der Waals surface area contributed by atoms with Crippen LogP contribution in [0.4, 0.5) is 0 Å². The number of nitrogens with zero attached hydrogens (tertiary/aromatic N) is 1. The van der Waals surface area contributed by atoms with E-state index in [1.807, 2.05) is 25.8 Å². The zero-order valence-corrected chi connectivity index (χ0v) is 22.4. The van der Waals surface area contributed by atoms with Crippen molar-refractivity contribution in [2.75, 3.05) is 7.05 Å². The van der Waals surface area contributed by atoms with Crippen LogP contribution in [0.15, 0.2) is 0 Å². The average molecular weight is 446 g/mol. The fourth-order valence-electron chi connectivity index (χ4n) is 8.82. The number of amides is 1. The Morgan fingerprint density at radius 1 is 0.938 bits per heavy atom. The van der Waals surface area contributed by atoms with Crippen molar-refractivity contribution in [3.05, 3.63) is 0 Å². The number of carbonyl (C=O) groups excluding carboxylic acids is 2. The maximum atomic E-state index is 13.5. The molecule has 1 aliphatic heterocycles. The van der Waals surface area contributed by atoms with Gasteiger partial charge in [-0.1, -0.05) is 67.7 Å². The van der Waals surface area contributed by atoms with E-state index in [-0.39, 0.29) is 23.3 Å². The molecule has 1 saturated heterocycles. The molecule has 0 N–H and O–H groups in total. The third-order valence-electron chi connectivity index (χ3n) is 10.6. The molecular formula is C29H51NO2. The molecule has 0 bridgehead atoms. The van der Waals surface area contributed by atoms with Crippen LogP contribution in [0.25, 0.3) is 0 Å². The summed E-state index contributed by atoms with van der Waals surface area (Å²) in [4.78, 5) is 27.8. The molecule has 32 heavy (non-hydrogen) atoms. The van der Waals surface area contributed by atoms with Crippen LogP contribution >= 0.6 is 0 Å². The second kappa shape index (κ2) is 9.79. The van der Waals surface area contributed by atoms with Gasteiger partial charge < -0.3 is 4.90 Å². The molecule has 3 nitrogen and oxygen atoms in total. The number of carbonyl (C=O) groups is 2. The Hall–Kier alpha value is -0.860. The van der Waals surface area contributed by atoms with Gasteiger partial charge in [0.05, 0.1) is 0 Å². The highest BCUT2D eigenvalue weighted by Crippen LogP contribution is 2.66. The molecule has 7 unspecified atom stereocenters. The molecule has 3 aliphatic carbocycles. The molecule has 0 spiro atoms. The first-order valence-electron chi connectivity index (χ1n) is 13.9. The molecular weight excluding hydrogens is 394 g/mol. The Kier molecular flexibility index (Phi) is 7.88. The summed E-state index contributed by atoms with van der Waals surface area (Å²) in [6.45, 7) is 16.1. The number of rotatable bonds is 5. The van der Waals surface area contributed by atoms with Crippen molar-refractivity contribution < 1.29 is 9.59 Å². The highest BCUT2D eigenvalue weighted by molar-refractivity contribution is 5.86. The van der Waals surface area contributed by atoms with Gasteiger partial charge in [-0.25, -0.2) is 0 Å². The van der Waals surface area contributed by atoms with Gasteiger partial charge in [0.25, 0.3) is 0 Å². The van der Waals surface area contributed by atoms with Crippen LogP contribution in [-0.2, 0) is 9.59 Å². The minimum atomic E-state index is 0.129. The second-order valence-corrected chi connectivity index (χ2v) is 12.5. The van der Waals surface area contributed by atoms with E-state index in [1.165, 1.54) is 44.9 Å². The quantitative estimate of drug-likeness (QED) is 0.451. The van der Waals surface area contributed by atoms with Gasteiger partial charge >= 0.3 is 0 Å². The lowest BCUT2D eigenvalue weighted by molar-refractivity contribution is -0.167. The van der Waals surface area contributed by atoms with Crippen LogP contribution in [0.1, 0.15) is 113 Å². The topological polar surface area (TPSA) is 37.4 Å². The first-order valence-corrected chi connectivity index (χ1v) is 13.9. The molecule has 3 saturated carbocycles. The molecule has 0 aromatic carbocycles. The van der Waals surface area contributed by atoms with E-state index in [9.17, 15) is 9.59 Å². The number of piperidine rings is 1. The molecule has 0 radical (unpaired) electrons. The summed E-state index contributed by atoms with van der Waals surface area (Å²) >= 11 is 0. The third kappa shape index (κ3) is 4.20. The summed E-state index contributed by atoms with van der Waals surface area (Å²) in [5.41, 5.74) is 0.469. The van der Waals surface area contributed by atoms with E-state index in [1.54, 1.807) is 0 Å². The Bertz CT molecular complexity index is 687. The lowest BCUT2D eigenvalue weighted by atomic mass is 9.46. The first kappa shape index (κ1) is 25.8. The molecule has 1 amide bonds. The second-order valence-electron chi connectivity index (χ2n) is 12.5. The van der Waals surface area contributed by atoms with Crippen molar-refractivity contribution in [1.82, 2.24) is 4.90 Å². The van der Waals surface area contributed by atoms with Crippen molar-refractivity contribution >= 4 is 11.7 Å². The van der Waals surface area contributed by atoms with Crippen molar-refractivity contribution in [3.8, 4) is 0 Å². The first-order chi connectivity index (χ1) is 15.1. The Morgan fingerprint density at radius 3 is 2.25 bits per heavy atom. The number of Topliss-reactive ketones (excluding diaryl/α,β-unsaturated/α-hetero) is 1. The van der Waals surface area contributed by atoms with Crippen LogP contribution in [0.2, 0.25) is 0 Å². The van der Waals surface area contributed by atoms with Gasteiger partial charge in [-0.3, -0.25) is 9.59 Å². The van der Waals surface area contributed by atoms with Gasteiger partial charge in [0.1, 0.15) is 5.78 Å². The van der Waals surface area contributed by atoms with Crippen molar-refractivity contribution in [1.29, 1.82) is 0 Å². The summed E-state index contributed by atoms with van der Waals surface area (Å²) in [5.74, 6) is 4.37. The van der Waals surface area contributed by atoms with Crippen LogP contribution in [-0.4, -0.2) is 29.7 Å². The highest BCUT2D eigenvalue weighted by atomic mass is 16.2. The Morgan fingerprint density at radius 2 is 1.59 bits per heavy atom. The zero-order valence-electron chi connectivity index (χ0n) is 22.4. The van der Waals surface area contributed by atoms with E-state index >= 15 is 0 Å². The lowest BCUT2D eigenvalue weighted by Gasteiger charge is -2.61. The van der Waals surface area contributed by atoms with E-state index in [0.29, 0.717) is 35.9 Å². The summed E-state index contributed by atoms with van der Waals surface area (Å²) in [5, 5.41) is 0. The maximum absolute atomic E-state index is 13.5. The fourth-order valence-corrected chi connectivity index (χ4v) is 8.82. The number of hydrogen-bond donors (Lipinski definition) is 0. The molecule has 8 atom stereocenters. The van der Waals surface area contributed by atoms with E-state index in [4.69, 9.17) is 0 Å². The minimum Gasteiger partial charge on any atom is -0.342 e. The largest absolute Gasteiger partial charge is 0.342 e. The zero-order chi connectivity index (χ0) is 23.8. The number of likely N-dealkylation sites (tertiary alicyclic amines) is 1. The number of hydrogen-bond acceptors (Lipinski definition) is 2. The van der Waals surface area contributed by atoms with Gasteiger partial charge in [0, 0.05) is 31.8 Å².